The van der Waals surface area contributed by atoms with Gasteiger partial charge in [0.25, 0.3) is 11.8 Å². The van der Waals surface area contributed by atoms with Gasteiger partial charge in [0.2, 0.25) is 0 Å². The summed E-state index contributed by atoms with van der Waals surface area (Å²) in [6.45, 7) is 3.04. The summed E-state index contributed by atoms with van der Waals surface area (Å²) in [6.07, 6.45) is 4.43. The quantitative estimate of drug-likeness (QED) is 0.810. The molecule has 0 fully saturated rings. The van der Waals surface area contributed by atoms with E-state index in [1.54, 1.807) is 6.07 Å². The first-order chi connectivity index (χ1) is 11.6. The molecule has 2 amide bonds. The van der Waals surface area contributed by atoms with Crippen molar-refractivity contribution >= 4 is 23.4 Å². The first-order valence-corrected chi connectivity index (χ1v) is 8.24. The first kappa shape index (κ1) is 17.9. The first-order valence-electron chi connectivity index (χ1n) is 7.86. The van der Waals surface area contributed by atoms with Crippen LogP contribution < -0.4 is 10.6 Å². The number of nitrogens with one attached hydrogen (secondary N) is 2. The van der Waals surface area contributed by atoms with E-state index >= 15 is 0 Å². The van der Waals surface area contributed by atoms with Crippen LogP contribution in [0.4, 0.5) is 0 Å². The second kappa shape index (κ2) is 9.03. The van der Waals surface area contributed by atoms with Crippen molar-refractivity contribution in [3.05, 3.63) is 64.4 Å². The van der Waals surface area contributed by atoms with Gasteiger partial charge in [0.15, 0.2) is 0 Å². The summed E-state index contributed by atoms with van der Waals surface area (Å²) in [5.74, 6) is -0.479. The van der Waals surface area contributed by atoms with Gasteiger partial charge in [-0.1, -0.05) is 30.7 Å². The van der Waals surface area contributed by atoms with E-state index in [1.165, 1.54) is 12.4 Å². The van der Waals surface area contributed by atoms with Gasteiger partial charge in [-0.25, -0.2) is 0 Å². The Morgan fingerprint density at radius 1 is 1.04 bits per heavy atom. The predicted octanol–water partition coefficient (Wildman–Crippen LogP) is 2.85. The fourth-order valence-electron chi connectivity index (χ4n) is 2.14. The van der Waals surface area contributed by atoms with E-state index in [1.807, 2.05) is 31.2 Å². The Morgan fingerprint density at radius 3 is 2.33 bits per heavy atom. The lowest BCUT2D eigenvalue weighted by Gasteiger charge is -2.07. The second-order valence-electron chi connectivity index (χ2n) is 5.35. The fraction of sp³-hybridized carbons (Fsp3) is 0.278. The molecule has 0 radical (unpaired) electrons. The molecule has 24 heavy (non-hydrogen) atoms. The van der Waals surface area contributed by atoms with Crippen molar-refractivity contribution in [1.82, 2.24) is 15.6 Å². The molecule has 1 heterocycles. The maximum Gasteiger partial charge on any atom is 0.252 e. The molecule has 0 aliphatic heterocycles. The maximum atomic E-state index is 12.2. The van der Waals surface area contributed by atoms with E-state index in [-0.39, 0.29) is 11.8 Å². The third-order valence-corrected chi connectivity index (χ3v) is 3.62. The van der Waals surface area contributed by atoms with Gasteiger partial charge in [0.1, 0.15) is 0 Å². The molecule has 1 aromatic carbocycles. The smallest absolute Gasteiger partial charge is 0.252 e. The van der Waals surface area contributed by atoms with Gasteiger partial charge in [-0.2, -0.15) is 0 Å². The lowest BCUT2D eigenvalue weighted by atomic mass is 10.1. The molecule has 5 nitrogen and oxygen atoms in total. The Morgan fingerprint density at radius 2 is 1.71 bits per heavy atom. The lowest BCUT2D eigenvalue weighted by molar-refractivity contribution is 0.0953. The second-order valence-corrected chi connectivity index (χ2v) is 5.79. The standard InChI is InChI=1S/C18H20ClN3O2/c1-2-7-21-17(23)14-10-15(12-20-11-14)18(24)22-8-6-13-4-3-5-16(19)9-13/h3-5,9-12H,2,6-8H2,1H3,(H,21,23)(H,22,24). The average molecular weight is 346 g/mol. The number of rotatable bonds is 7. The number of amides is 2. The molecule has 0 unspecified atom stereocenters. The van der Waals surface area contributed by atoms with Crippen molar-refractivity contribution in [2.75, 3.05) is 13.1 Å². The number of aromatic nitrogens is 1. The zero-order valence-corrected chi connectivity index (χ0v) is 14.3. The van der Waals surface area contributed by atoms with Crippen molar-refractivity contribution < 1.29 is 9.59 Å². The molecular formula is C18H20ClN3O2. The molecule has 2 rings (SSSR count). The highest BCUT2D eigenvalue weighted by Gasteiger charge is 2.10. The average Bonchev–Trinajstić information content (AvgIpc) is 2.59. The van der Waals surface area contributed by atoms with E-state index in [0.29, 0.717) is 35.7 Å². The van der Waals surface area contributed by atoms with Gasteiger partial charge < -0.3 is 10.6 Å². The SMILES string of the molecule is CCCNC(=O)c1cncc(C(=O)NCCc2cccc(Cl)c2)c1. The van der Waals surface area contributed by atoms with Crippen LogP contribution in [0.25, 0.3) is 0 Å². The van der Waals surface area contributed by atoms with E-state index < -0.39 is 0 Å². The summed E-state index contributed by atoms with van der Waals surface area (Å²) in [5.41, 5.74) is 1.80. The van der Waals surface area contributed by atoms with E-state index in [2.05, 4.69) is 15.6 Å². The van der Waals surface area contributed by atoms with Crippen LogP contribution in [0.5, 0.6) is 0 Å². The van der Waals surface area contributed by atoms with Crippen LogP contribution in [-0.4, -0.2) is 29.9 Å². The lowest BCUT2D eigenvalue weighted by Crippen LogP contribution is -2.27. The Bertz CT molecular complexity index is 719. The van der Waals surface area contributed by atoms with Gasteiger partial charge in [0.05, 0.1) is 11.1 Å². The molecular weight excluding hydrogens is 326 g/mol. The molecule has 0 aliphatic rings. The van der Waals surface area contributed by atoms with E-state index in [0.717, 1.165) is 12.0 Å². The summed E-state index contributed by atoms with van der Waals surface area (Å²) in [4.78, 5) is 28.1. The number of carbonyl (C=O) groups excluding carboxylic acids is 2. The van der Waals surface area contributed by atoms with E-state index in [9.17, 15) is 9.59 Å². The third kappa shape index (κ3) is 5.35. The molecule has 2 aromatic rings. The van der Waals surface area contributed by atoms with Crippen LogP contribution >= 0.6 is 11.6 Å². The van der Waals surface area contributed by atoms with Crippen molar-refractivity contribution in [1.29, 1.82) is 0 Å². The molecule has 0 aliphatic carbocycles. The van der Waals surface area contributed by atoms with Gasteiger partial charge in [-0.3, -0.25) is 14.6 Å². The third-order valence-electron chi connectivity index (χ3n) is 3.39. The topological polar surface area (TPSA) is 71.1 Å². The number of nitrogens with zero attached hydrogens (tertiary/aromatic N) is 1. The van der Waals surface area contributed by atoms with E-state index in [4.69, 9.17) is 11.6 Å². The summed E-state index contributed by atoms with van der Waals surface area (Å²) >= 11 is 5.93. The maximum absolute atomic E-state index is 12.2. The Labute approximate surface area is 146 Å². The summed E-state index contributed by atoms with van der Waals surface area (Å²) in [7, 11) is 0. The van der Waals surface area contributed by atoms with Crippen LogP contribution in [0.15, 0.2) is 42.7 Å². The number of carbonyl (C=O) groups is 2. The van der Waals surface area contributed by atoms with Crippen LogP contribution in [-0.2, 0) is 6.42 Å². The van der Waals surface area contributed by atoms with Crippen LogP contribution in [0.2, 0.25) is 5.02 Å². The molecule has 1 aromatic heterocycles. The van der Waals surface area contributed by atoms with Crippen LogP contribution in [0.1, 0.15) is 39.6 Å². The molecule has 0 saturated heterocycles. The largest absolute Gasteiger partial charge is 0.352 e. The minimum Gasteiger partial charge on any atom is -0.352 e. The summed E-state index contributed by atoms with van der Waals surface area (Å²) < 4.78 is 0. The normalized spacial score (nSPS) is 10.2. The molecule has 0 saturated carbocycles. The van der Waals surface area contributed by atoms with Crippen molar-refractivity contribution in [2.24, 2.45) is 0 Å². The number of halogens is 1. The molecule has 2 N–H and O–H groups in total. The Kier molecular flexibility index (Phi) is 6.75. The van der Waals surface area contributed by atoms with Gasteiger partial charge in [-0.15, -0.1) is 0 Å². The number of hydrogen-bond acceptors (Lipinski definition) is 3. The minimum atomic E-state index is -0.255. The molecule has 6 heteroatoms. The predicted molar refractivity (Wildman–Crippen MR) is 94.4 cm³/mol. The number of hydrogen-bond donors (Lipinski definition) is 2. The van der Waals surface area contributed by atoms with Gasteiger partial charge in [-0.05, 0) is 36.6 Å². The monoisotopic (exact) mass is 345 g/mol. The fourth-order valence-corrected chi connectivity index (χ4v) is 2.36. The summed E-state index contributed by atoms with van der Waals surface area (Å²) in [5, 5.41) is 6.26. The van der Waals surface area contributed by atoms with Gasteiger partial charge in [0, 0.05) is 30.5 Å². The molecule has 0 atom stereocenters. The Balaban J connectivity index is 1.91. The van der Waals surface area contributed by atoms with Crippen molar-refractivity contribution in [3.8, 4) is 0 Å². The molecule has 126 valence electrons. The molecule has 0 spiro atoms. The van der Waals surface area contributed by atoms with Crippen LogP contribution in [0, 0.1) is 0 Å². The zero-order valence-electron chi connectivity index (χ0n) is 13.5. The zero-order chi connectivity index (χ0) is 17.4. The number of benzene rings is 1. The van der Waals surface area contributed by atoms with Gasteiger partial charge >= 0.3 is 0 Å². The number of pyridine rings is 1. The summed E-state index contributed by atoms with van der Waals surface area (Å²) in [6, 6.07) is 9.06. The molecule has 0 bridgehead atoms. The Hall–Kier alpha value is -2.40. The van der Waals surface area contributed by atoms with Crippen molar-refractivity contribution in [2.45, 2.75) is 19.8 Å². The minimum absolute atomic E-state index is 0.224. The highest BCUT2D eigenvalue weighted by atomic mass is 35.5. The van der Waals surface area contributed by atoms with Crippen molar-refractivity contribution in [3.63, 3.8) is 0 Å². The highest BCUT2D eigenvalue weighted by Crippen LogP contribution is 2.10. The van der Waals surface area contributed by atoms with Crippen LogP contribution in [0.3, 0.4) is 0 Å². The highest BCUT2D eigenvalue weighted by molar-refractivity contribution is 6.30.